The molecule has 0 saturated carbocycles. The molecule has 1 aliphatic carbocycles. The van der Waals surface area contributed by atoms with Crippen molar-refractivity contribution >= 4 is 5.78 Å². The highest BCUT2D eigenvalue weighted by molar-refractivity contribution is 6.02. The van der Waals surface area contributed by atoms with Crippen LogP contribution in [0.5, 0.6) is 0 Å². The number of hydrogen-bond donors (Lipinski definition) is 0. The van der Waals surface area contributed by atoms with Gasteiger partial charge >= 0.3 is 0 Å². The SMILES string of the molecule is CC(C)(C)[C@@H]1Cc2ccccc2C1=O. The summed E-state index contributed by atoms with van der Waals surface area (Å²) in [6, 6.07) is 7.97. The zero-order valence-corrected chi connectivity index (χ0v) is 9.00. The Hall–Kier alpha value is -1.11. The fourth-order valence-electron chi connectivity index (χ4n) is 2.14. The molecule has 1 heteroatoms. The van der Waals surface area contributed by atoms with Crippen molar-refractivity contribution in [3.63, 3.8) is 0 Å². The lowest BCUT2D eigenvalue weighted by molar-refractivity contribution is 0.0843. The Morgan fingerprint density at radius 2 is 1.86 bits per heavy atom. The maximum Gasteiger partial charge on any atom is 0.167 e. The Labute approximate surface area is 85.1 Å². The first-order chi connectivity index (χ1) is 6.50. The molecule has 0 bridgehead atoms. The topological polar surface area (TPSA) is 17.1 Å². The zero-order chi connectivity index (χ0) is 10.3. The molecule has 1 aliphatic rings. The second-order valence-electron chi connectivity index (χ2n) is 5.14. The van der Waals surface area contributed by atoms with E-state index in [9.17, 15) is 4.79 Å². The quantitative estimate of drug-likeness (QED) is 0.611. The van der Waals surface area contributed by atoms with Crippen molar-refractivity contribution < 1.29 is 4.79 Å². The van der Waals surface area contributed by atoms with Crippen LogP contribution in [-0.2, 0) is 6.42 Å². The highest BCUT2D eigenvalue weighted by Crippen LogP contribution is 2.37. The molecule has 1 aromatic rings. The Kier molecular flexibility index (Phi) is 1.99. The number of hydrogen-bond acceptors (Lipinski definition) is 1. The number of carbonyl (C=O) groups is 1. The van der Waals surface area contributed by atoms with Gasteiger partial charge in [0.05, 0.1) is 0 Å². The molecular weight excluding hydrogens is 172 g/mol. The first kappa shape index (κ1) is 9.45. The molecule has 0 heterocycles. The minimum absolute atomic E-state index is 0.0795. The van der Waals surface area contributed by atoms with E-state index in [0.717, 1.165) is 12.0 Å². The average Bonchev–Trinajstić information content (AvgIpc) is 2.44. The van der Waals surface area contributed by atoms with E-state index in [1.54, 1.807) is 0 Å². The van der Waals surface area contributed by atoms with Crippen LogP contribution in [0.4, 0.5) is 0 Å². The van der Waals surface area contributed by atoms with Crippen molar-refractivity contribution in [2.75, 3.05) is 0 Å². The summed E-state index contributed by atoms with van der Waals surface area (Å²) in [5.41, 5.74) is 2.24. The van der Waals surface area contributed by atoms with Crippen LogP contribution in [0.25, 0.3) is 0 Å². The summed E-state index contributed by atoms with van der Waals surface area (Å²) < 4.78 is 0. The van der Waals surface area contributed by atoms with Crippen molar-refractivity contribution in [2.45, 2.75) is 27.2 Å². The maximum atomic E-state index is 12.0. The van der Waals surface area contributed by atoms with Crippen LogP contribution in [0, 0.1) is 11.3 Å². The van der Waals surface area contributed by atoms with Gasteiger partial charge in [0.25, 0.3) is 0 Å². The highest BCUT2D eigenvalue weighted by atomic mass is 16.1. The van der Waals surface area contributed by atoms with Gasteiger partial charge in [-0.1, -0.05) is 45.0 Å². The van der Waals surface area contributed by atoms with Gasteiger partial charge in [-0.2, -0.15) is 0 Å². The summed E-state index contributed by atoms with van der Waals surface area (Å²) in [6.07, 6.45) is 0.915. The van der Waals surface area contributed by atoms with Crippen molar-refractivity contribution in [1.82, 2.24) is 0 Å². The van der Waals surface area contributed by atoms with Gasteiger partial charge in [-0.25, -0.2) is 0 Å². The van der Waals surface area contributed by atoms with Crippen molar-refractivity contribution in [1.29, 1.82) is 0 Å². The van der Waals surface area contributed by atoms with Gasteiger partial charge in [0.15, 0.2) is 5.78 Å². The molecule has 0 N–H and O–H groups in total. The van der Waals surface area contributed by atoms with Gasteiger partial charge in [0.1, 0.15) is 0 Å². The Balaban J connectivity index is 2.40. The average molecular weight is 188 g/mol. The van der Waals surface area contributed by atoms with Crippen LogP contribution in [0.15, 0.2) is 24.3 Å². The van der Waals surface area contributed by atoms with Gasteiger partial charge in [-0.3, -0.25) is 4.79 Å². The van der Waals surface area contributed by atoms with Crippen LogP contribution in [0.3, 0.4) is 0 Å². The first-order valence-corrected chi connectivity index (χ1v) is 5.12. The fourth-order valence-corrected chi connectivity index (χ4v) is 2.14. The molecule has 74 valence electrons. The molecule has 0 amide bonds. The molecule has 1 aromatic carbocycles. The largest absolute Gasteiger partial charge is 0.294 e. The smallest absolute Gasteiger partial charge is 0.167 e. The lowest BCUT2D eigenvalue weighted by Crippen LogP contribution is -2.25. The summed E-state index contributed by atoms with van der Waals surface area (Å²) in [5.74, 6) is 0.494. The predicted molar refractivity (Wildman–Crippen MR) is 57.4 cm³/mol. The number of benzene rings is 1. The third kappa shape index (κ3) is 1.37. The predicted octanol–water partition coefficient (Wildman–Crippen LogP) is 3.09. The van der Waals surface area contributed by atoms with E-state index in [4.69, 9.17) is 0 Å². The van der Waals surface area contributed by atoms with Gasteiger partial charge in [0.2, 0.25) is 0 Å². The van der Waals surface area contributed by atoms with Crippen LogP contribution >= 0.6 is 0 Å². The summed E-state index contributed by atoms with van der Waals surface area (Å²) in [4.78, 5) is 12.0. The minimum Gasteiger partial charge on any atom is -0.294 e. The molecule has 0 aromatic heterocycles. The highest BCUT2D eigenvalue weighted by Gasteiger charge is 2.37. The van der Waals surface area contributed by atoms with Crippen molar-refractivity contribution in [3.05, 3.63) is 35.4 Å². The molecular formula is C13H16O. The molecule has 0 spiro atoms. The number of rotatable bonds is 0. The van der Waals surface area contributed by atoms with Gasteiger partial charge in [-0.05, 0) is 17.4 Å². The lowest BCUT2D eigenvalue weighted by Gasteiger charge is -2.24. The number of ketones is 1. The van der Waals surface area contributed by atoms with Crippen LogP contribution in [0.1, 0.15) is 36.7 Å². The molecule has 2 rings (SSSR count). The second kappa shape index (κ2) is 2.94. The third-order valence-electron chi connectivity index (χ3n) is 3.07. The summed E-state index contributed by atoms with van der Waals surface area (Å²) >= 11 is 0. The summed E-state index contributed by atoms with van der Waals surface area (Å²) in [7, 11) is 0. The number of carbonyl (C=O) groups excluding carboxylic acids is 1. The lowest BCUT2D eigenvalue weighted by atomic mass is 9.78. The molecule has 0 fully saturated rings. The van der Waals surface area contributed by atoms with Crippen molar-refractivity contribution in [2.24, 2.45) is 11.3 Å². The summed E-state index contributed by atoms with van der Waals surface area (Å²) in [6.45, 7) is 6.42. The van der Waals surface area contributed by atoms with E-state index < -0.39 is 0 Å². The van der Waals surface area contributed by atoms with Crippen molar-refractivity contribution in [3.8, 4) is 0 Å². The van der Waals surface area contributed by atoms with E-state index in [1.807, 2.05) is 18.2 Å². The minimum atomic E-state index is 0.0795. The molecule has 0 aliphatic heterocycles. The fraction of sp³-hybridized carbons (Fsp3) is 0.462. The third-order valence-corrected chi connectivity index (χ3v) is 3.07. The van der Waals surface area contributed by atoms with Gasteiger partial charge in [-0.15, -0.1) is 0 Å². The second-order valence-corrected chi connectivity index (χ2v) is 5.14. The standard InChI is InChI=1S/C13H16O/c1-13(2,3)11-8-9-6-4-5-7-10(9)12(11)14/h4-7,11H,8H2,1-3H3/t11-/m1/s1. The number of fused-ring (bicyclic) bond motifs is 1. The Morgan fingerprint density at radius 3 is 2.43 bits per heavy atom. The zero-order valence-electron chi connectivity index (χ0n) is 9.00. The van der Waals surface area contributed by atoms with E-state index in [0.29, 0.717) is 5.78 Å². The Morgan fingerprint density at radius 1 is 1.21 bits per heavy atom. The Bertz CT molecular complexity index is 371. The molecule has 0 saturated heterocycles. The van der Waals surface area contributed by atoms with E-state index in [2.05, 4.69) is 26.8 Å². The van der Waals surface area contributed by atoms with Crippen LogP contribution in [0.2, 0.25) is 0 Å². The van der Waals surface area contributed by atoms with E-state index in [1.165, 1.54) is 5.56 Å². The van der Waals surface area contributed by atoms with Gasteiger partial charge < -0.3 is 0 Å². The van der Waals surface area contributed by atoms with Crippen LogP contribution in [-0.4, -0.2) is 5.78 Å². The van der Waals surface area contributed by atoms with E-state index >= 15 is 0 Å². The van der Waals surface area contributed by atoms with Crippen LogP contribution < -0.4 is 0 Å². The molecule has 1 nitrogen and oxygen atoms in total. The maximum absolute atomic E-state index is 12.0. The monoisotopic (exact) mass is 188 g/mol. The van der Waals surface area contributed by atoms with Gasteiger partial charge in [0, 0.05) is 11.5 Å². The molecule has 0 unspecified atom stereocenters. The summed E-state index contributed by atoms with van der Waals surface area (Å²) in [5, 5.41) is 0. The molecule has 14 heavy (non-hydrogen) atoms. The number of Topliss-reactive ketones (excluding diaryl/α,β-unsaturated/α-hetero) is 1. The molecule has 1 atom stereocenters. The first-order valence-electron chi connectivity index (χ1n) is 5.12. The molecule has 0 radical (unpaired) electrons. The normalized spacial score (nSPS) is 21.1. The van der Waals surface area contributed by atoms with E-state index in [-0.39, 0.29) is 11.3 Å².